The topological polar surface area (TPSA) is 99.3 Å². The molecule has 4 aliphatic rings. The third kappa shape index (κ3) is 6.50. The molecule has 57 heavy (non-hydrogen) atoms. The van der Waals surface area contributed by atoms with Gasteiger partial charge in [-0.1, -0.05) is 133 Å². The number of ketones is 1. The molecule has 0 aromatic heterocycles. The highest BCUT2D eigenvalue weighted by Gasteiger charge is 2.33. The second-order valence-corrected chi connectivity index (χ2v) is 15.8. The predicted molar refractivity (Wildman–Crippen MR) is 226 cm³/mol. The third-order valence-electron chi connectivity index (χ3n) is 12.6. The molecule has 0 bridgehead atoms. The van der Waals surface area contributed by atoms with Crippen molar-refractivity contribution in [2.75, 3.05) is 30.3 Å². The van der Waals surface area contributed by atoms with Crippen molar-refractivity contribution in [1.82, 2.24) is 5.32 Å². The van der Waals surface area contributed by atoms with Crippen molar-refractivity contribution in [3.63, 3.8) is 0 Å². The summed E-state index contributed by atoms with van der Waals surface area (Å²) in [4.78, 5) is 12.6. The van der Waals surface area contributed by atoms with Gasteiger partial charge in [0, 0.05) is 42.2 Å². The van der Waals surface area contributed by atoms with Crippen LogP contribution in [0.4, 0.5) is 11.4 Å². The molecule has 6 nitrogen and oxygen atoms in total. The number of hydrogen-bond donors (Lipinski definition) is 3. The molecule has 6 heteroatoms. The smallest absolute Gasteiger partial charge is 0.176 e. The molecular formula is C51H43N3O3-2. The van der Waals surface area contributed by atoms with E-state index >= 15 is 0 Å². The van der Waals surface area contributed by atoms with E-state index < -0.39 is 0 Å². The van der Waals surface area contributed by atoms with Crippen LogP contribution in [0.2, 0.25) is 0 Å². The summed E-state index contributed by atoms with van der Waals surface area (Å²) in [7, 11) is 0. The summed E-state index contributed by atoms with van der Waals surface area (Å²) >= 11 is 0. The lowest BCUT2D eigenvalue weighted by Crippen LogP contribution is -2.45. The number of allylic oxidation sites excluding steroid dienone is 2. The number of carbonyl (C=O) groups excluding carboxylic acids is 1. The minimum Gasteiger partial charge on any atom is -0.871 e. The van der Waals surface area contributed by atoms with E-state index in [1.165, 1.54) is 16.7 Å². The van der Waals surface area contributed by atoms with E-state index in [2.05, 4.69) is 125 Å². The highest BCUT2D eigenvalue weighted by atomic mass is 16.3. The van der Waals surface area contributed by atoms with Gasteiger partial charge in [0.1, 0.15) is 0 Å². The van der Waals surface area contributed by atoms with Crippen LogP contribution in [0, 0.1) is 0 Å². The van der Waals surface area contributed by atoms with Crippen LogP contribution in [0.1, 0.15) is 64.8 Å². The summed E-state index contributed by atoms with van der Waals surface area (Å²) in [6, 6.07) is 44.4. The van der Waals surface area contributed by atoms with E-state index in [1.54, 1.807) is 18.2 Å². The average Bonchev–Trinajstić information content (AvgIpc) is 3.26. The number of fused-ring (bicyclic) bond motifs is 3. The van der Waals surface area contributed by atoms with Gasteiger partial charge in [0.25, 0.3) is 0 Å². The van der Waals surface area contributed by atoms with Crippen molar-refractivity contribution in [2.45, 2.75) is 43.1 Å². The van der Waals surface area contributed by atoms with Crippen LogP contribution in [0.15, 0.2) is 151 Å². The molecule has 4 unspecified atom stereocenters. The number of nitrogens with one attached hydrogen (secondary N) is 3. The number of benzene rings is 6. The quantitative estimate of drug-likeness (QED) is 0.157. The van der Waals surface area contributed by atoms with Gasteiger partial charge in [0.05, 0.1) is 6.04 Å². The largest absolute Gasteiger partial charge is 0.871 e. The molecule has 0 saturated carbocycles. The van der Waals surface area contributed by atoms with Crippen molar-refractivity contribution in [3.05, 3.63) is 179 Å². The van der Waals surface area contributed by atoms with Gasteiger partial charge in [-0.3, -0.25) is 4.79 Å². The Morgan fingerprint density at radius 2 is 0.930 bits per heavy atom. The fourth-order valence-electron chi connectivity index (χ4n) is 9.64. The van der Waals surface area contributed by atoms with Crippen LogP contribution in [0.25, 0.3) is 33.4 Å². The fourth-order valence-corrected chi connectivity index (χ4v) is 9.64. The van der Waals surface area contributed by atoms with Gasteiger partial charge in [-0.2, -0.15) is 0 Å². The van der Waals surface area contributed by atoms with E-state index in [1.807, 2.05) is 18.2 Å². The normalized spacial score (nSPS) is 21.0. The molecule has 0 radical (unpaired) electrons. The van der Waals surface area contributed by atoms with Crippen LogP contribution in [0.5, 0.6) is 11.5 Å². The second kappa shape index (κ2) is 14.6. The van der Waals surface area contributed by atoms with Crippen molar-refractivity contribution in [1.29, 1.82) is 0 Å². The average molecular weight is 746 g/mol. The minimum absolute atomic E-state index is 0.0506. The van der Waals surface area contributed by atoms with E-state index in [-0.39, 0.29) is 41.1 Å². The minimum atomic E-state index is -0.229. The van der Waals surface area contributed by atoms with E-state index in [0.717, 1.165) is 100 Å². The Labute approximate surface area is 333 Å². The molecule has 6 aromatic carbocycles. The number of piperidine rings is 1. The van der Waals surface area contributed by atoms with Crippen LogP contribution < -0.4 is 26.2 Å². The van der Waals surface area contributed by atoms with E-state index in [0.29, 0.717) is 0 Å². The number of hydrogen-bond acceptors (Lipinski definition) is 6. The zero-order valence-corrected chi connectivity index (χ0v) is 31.6. The Bertz CT molecular complexity index is 2430. The Hall–Kier alpha value is -6.37. The first-order valence-corrected chi connectivity index (χ1v) is 20.2. The first-order chi connectivity index (χ1) is 28.0. The van der Waals surface area contributed by atoms with Gasteiger partial charge in [-0.25, -0.2) is 0 Å². The molecule has 1 saturated heterocycles. The number of anilines is 2. The van der Waals surface area contributed by atoms with Crippen LogP contribution in [-0.2, 0) is 4.79 Å². The zero-order valence-electron chi connectivity index (χ0n) is 31.6. The SMILES string of the molecule is O=C1C=CC=C2C1NCCC2c1ccc(-c2cc(-c3ccc(C4CCNc5c([O-])cccc54)cc3)cc(-c3ccc(C4CCNc5c([O-])cccc54)cc3)c2)cc1. The highest BCUT2D eigenvalue weighted by molar-refractivity contribution is 5.98. The molecule has 1 fully saturated rings. The number of para-hydroxylation sites is 2. The Morgan fingerprint density at radius 3 is 1.40 bits per heavy atom. The summed E-state index contributed by atoms with van der Waals surface area (Å²) in [6.45, 7) is 2.36. The molecule has 10 rings (SSSR count). The summed E-state index contributed by atoms with van der Waals surface area (Å²) in [5.41, 5.74) is 15.2. The number of carbonyl (C=O) groups is 1. The lowest BCUT2D eigenvalue weighted by atomic mass is 9.78. The molecule has 0 spiro atoms. The van der Waals surface area contributed by atoms with Crippen LogP contribution >= 0.6 is 0 Å². The molecule has 282 valence electrons. The molecule has 0 amide bonds. The van der Waals surface area contributed by atoms with Gasteiger partial charge >= 0.3 is 0 Å². The van der Waals surface area contributed by atoms with Crippen molar-refractivity contribution >= 4 is 17.2 Å². The molecule has 4 atom stereocenters. The van der Waals surface area contributed by atoms with Crippen molar-refractivity contribution in [3.8, 4) is 44.9 Å². The van der Waals surface area contributed by atoms with Crippen molar-refractivity contribution < 1.29 is 15.0 Å². The van der Waals surface area contributed by atoms with Crippen LogP contribution in [-0.4, -0.2) is 31.5 Å². The zero-order chi connectivity index (χ0) is 38.5. The maximum Gasteiger partial charge on any atom is 0.176 e. The Balaban J connectivity index is 1.00. The van der Waals surface area contributed by atoms with Gasteiger partial charge in [-0.15, -0.1) is 0 Å². The first kappa shape index (κ1) is 35.1. The third-order valence-corrected chi connectivity index (χ3v) is 12.6. The fraction of sp³-hybridized carbons (Fsp3) is 0.196. The summed E-state index contributed by atoms with van der Waals surface area (Å²) < 4.78 is 0. The maximum atomic E-state index is 12.6. The number of rotatable bonds is 6. The molecule has 6 aromatic rings. The van der Waals surface area contributed by atoms with E-state index in [9.17, 15) is 15.0 Å². The maximum absolute atomic E-state index is 12.6. The van der Waals surface area contributed by atoms with Crippen molar-refractivity contribution in [2.24, 2.45) is 0 Å². The monoisotopic (exact) mass is 745 g/mol. The first-order valence-electron chi connectivity index (χ1n) is 20.2. The van der Waals surface area contributed by atoms with Crippen LogP contribution in [0.3, 0.4) is 0 Å². The van der Waals surface area contributed by atoms with Gasteiger partial charge < -0.3 is 26.2 Å². The summed E-state index contributed by atoms with van der Waals surface area (Å²) in [5.74, 6) is 0.781. The molecular weight excluding hydrogens is 703 g/mol. The van der Waals surface area contributed by atoms with Gasteiger partial charge in [-0.05, 0) is 117 Å². The summed E-state index contributed by atoms with van der Waals surface area (Å²) in [5, 5.41) is 35.3. The lowest BCUT2D eigenvalue weighted by Gasteiger charge is -2.34. The molecule has 1 aliphatic carbocycles. The summed E-state index contributed by atoms with van der Waals surface area (Å²) in [6.07, 6.45) is 8.49. The van der Waals surface area contributed by atoms with E-state index in [4.69, 9.17) is 0 Å². The molecule has 3 N–H and O–H groups in total. The van der Waals surface area contributed by atoms with Gasteiger partial charge in [0.15, 0.2) is 5.78 Å². The lowest BCUT2D eigenvalue weighted by molar-refractivity contribution is -0.267. The Morgan fingerprint density at radius 1 is 0.491 bits per heavy atom. The highest BCUT2D eigenvalue weighted by Crippen LogP contribution is 2.43. The predicted octanol–water partition coefficient (Wildman–Crippen LogP) is 9.24. The Kier molecular flexibility index (Phi) is 8.99. The standard InChI is InChI=1S/C51H45N3O3/c55-46-7-1-4-43-40(22-25-52-49(43)46)34-16-10-31(11-17-34)37-28-38(32-12-18-35(19-13-32)41-23-26-53-50-44(41)5-2-8-47(50)56)30-39(29-37)33-14-20-36(21-15-33)42-24-27-54-51-45(42)6-3-9-48(51)57/h1-21,28-30,40-42,49,52-54,56-57H,22-27H2/p-2. The second-order valence-electron chi connectivity index (χ2n) is 15.8. The molecule has 3 heterocycles. The molecule has 3 aliphatic heterocycles. The van der Waals surface area contributed by atoms with Gasteiger partial charge in [0.2, 0.25) is 0 Å².